The zero-order chi connectivity index (χ0) is 22.2. The summed E-state index contributed by atoms with van der Waals surface area (Å²) in [4.78, 5) is 23.9. The Bertz CT molecular complexity index is 615. The Morgan fingerprint density at radius 3 is 2.42 bits per heavy atom. The second kappa shape index (κ2) is 15.7. The number of carbonyl (C=O) groups is 2. The van der Waals surface area contributed by atoms with Gasteiger partial charge in [-0.15, -0.1) is 0 Å². The molecule has 1 aromatic rings. The van der Waals surface area contributed by atoms with Gasteiger partial charge in [0.2, 0.25) is 0 Å². The third-order valence-corrected chi connectivity index (χ3v) is 5.81. The zero-order valence-electron chi connectivity index (χ0n) is 19.3. The number of alkyl carbamates (subject to hydrolysis) is 1. The molecular formula is C26H41NO4. The fourth-order valence-electron chi connectivity index (χ4n) is 3.75. The van der Waals surface area contributed by atoms with Crippen LogP contribution in [-0.2, 0) is 20.9 Å². The molecule has 174 valence electrons. The zero-order valence-corrected chi connectivity index (χ0v) is 19.3. The maximum Gasteiger partial charge on any atom is 0.407 e. The number of carbonyl (C=O) groups excluding carboxylic acids is 2. The number of amides is 1. The van der Waals surface area contributed by atoms with Gasteiger partial charge in [-0.3, -0.25) is 4.79 Å². The third-order valence-electron chi connectivity index (χ3n) is 5.81. The van der Waals surface area contributed by atoms with Crippen molar-refractivity contribution < 1.29 is 19.1 Å². The molecule has 1 fully saturated rings. The van der Waals surface area contributed by atoms with Crippen LogP contribution in [-0.4, -0.2) is 24.7 Å². The highest BCUT2D eigenvalue weighted by Crippen LogP contribution is 2.37. The molecule has 5 nitrogen and oxygen atoms in total. The summed E-state index contributed by atoms with van der Waals surface area (Å²) in [7, 11) is 0. The number of nitrogens with one attached hydrogen (secondary N) is 1. The highest BCUT2D eigenvalue weighted by Gasteiger charge is 2.33. The molecule has 0 bridgehead atoms. The van der Waals surface area contributed by atoms with Crippen LogP contribution in [0, 0.1) is 5.92 Å². The molecule has 1 unspecified atom stereocenters. The van der Waals surface area contributed by atoms with Gasteiger partial charge in [0.25, 0.3) is 0 Å². The average Bonchev–Trinajstić information content (AvgIpc) is 3.62. The first kappa shape index (κ1) is 25.2. The predicted molar refractivity (Wildman–Crippen MR) is 124 cm³/mol. The number of benzene rings is 1. The van der Waals surface area contributed by atoms with Crippen LogP contribution < -0.4 is 5.32 Å². The lowest BCUT2D eigenvalue weighted by molar-refractivity contribution is -0.150. The largest absolute Gasteiger partial charge is 0.462 e. The van der Waals surface area contributed by atoms with Crippen LogP contribution in [0.25, 0.3) is 0 Å². The van der Waals surface area contributed by atoms with Gasteiger partial charge in [0.15, 0.2) is 0 Å². The number of hydrogen-bond acceptors (Lipinski definition) is 4. The first-order chi connectivity index (χ1) is 15.2. The molecule has 1 N–H and O–H groups in total. The van der Waals surface area contributed by atoms with Crippen LogP contribution in [0.3, 0.4) is 0 Å². The van der Waals surface area contributed by atoms with Crippen molar-refractivity contribution in [2.45, 2.75) is 103 Å². The Morgan fingerprint density at radius 2 is 1.68 bits per heavy atom. The molecule has 0 saturated heterocycles. The molecular weight excluding hydrogens is 390 g/mol. The fourth-order valence-corrected chi connectivity index (χ4v) is 3.75. The van der Waals surface area contributed by atoms with Crippen LogP contribution in [0.15, 0.2) is 30.3 Å². The lowest BCUT2D eigenvalue weighted by Crippen LogP contribution is -2.25. The Hall–Kier alpha value is -2.04. The van der Waals surface area contributed by atoms with E-state index in [1.165, 1.54) is 51.4 Å². The standard InChI is InChI=1S/C26H41NO4/c1-2-3-4-5-6-11-16-24(23-18-19-23)31-25(28)17-12-8-13-20-27-26(29)30-21-22-14-9-7-10-15-22/h7,9-10,14-15,23-24H,2-6,8,11-13,16-21H2,1H3,(H,27,29). The smallest absolute Gasteiger partial charge is 0.407 e. The number of ether oxygens (including phenoxy) is 2. The molecule has 0 radical (unpaired) electrons. The van der Waals surface area contributed by atoms with Crippen molar-refractivity contribution in [3.05, 3.63) is 35.9 Å². The van der Waals surface area contributed by atoms with Gasteiger partial charge in [0.05, 0.1) is 0 Å². The number of hydrogen-bond donors (Lipinski definition) is 1. The average molecular weight is 432 g/mol. The molecule has 0 heterocycles. The minimum atomic E-state index is -0.398. The van der Waals surface area contributed by atoms with E-state index in [4.69, 9.17) is 9.47 Å². The van der Waals surface area contributed by atoms with Gasteiger partial charge < -0.3 is 14.8 Å². The summed E-state index contributed by atoms with van der Waals surface area (Å²) in [6.45, 7) is 3.07. The molecule has 0 aromatic heterocycles. The van der Waals surface area contributed by atoms with Crippen molar-refractivity contribution in [2.75, 3.05) is 6.54 Å². The molecule has 1 aliphatic carbocycles. The normalized spacial score (nSPS) is 14.1. The summed E-state index contributed by atoms with van der Waals surface area (Å²) < 4.78 is 11.0. The number of rotatable bonds is 17. The maximum absolute atomic E-state index is 12.2. The van der Waals surface area contributed by atoms with Crippen LogP contribution in [0.1, 0.15) is 96.0 Å². The van der Waals surface area contributed by atoms with Crippen molar-refractivity contribution in [3.8, 4) is 0 Å². The second-order valence-corrected chi connectivity index (χ2v) is 8.72. The van der Waals surface area contributed by atoms with E-state index in [2.05, 4.69) is 12.2 Å². The molecule has 2 rings (SSSR count). The van der Waals surface area contributed by atoms with Crippen molar-refractivity contribution >= 4 is 12.1 Å². The molecule has 1 saturated carbocycles. The monoisotopic (exact) mass is 431 g/mol. The quantitative estimate of drug-likeness (QED) is 0.224. The van der Waals surface area contributed by atoms with Crippen LogP contribution in [0.4, 0.5) is 4.79 Å². The van der Waals surface area contributed by atoms with Gasteiger partial charge in [0.1, 0.15) is 12.7 Å². The van der Waals surface area contributed by atoms with Gasteiger partial charge in [-0.25, -0.2) is 4.79 Å². The third kappa shape index (κ3) is 12.4. The Labute approximate surface area is 188 Å². The van der Waals surface area contributed by atoms with Gasteiger partial charge in [0, 0.05) is 13.0 Å². The summed E-state index contributed by atoms with van der Waals surface area (Å²) in [6.07, 6.45) is 13.8. The van der Waals surface area contributed by atoms with Crippen LogP contribution >= 0.6 is 0 Å². The van der Waals surface area contributed by atoms with E-state index in [-0.39, 0.29) is 18.7 Å². The SMILES string of the molecule is CCCCCCCCC(OC(=O)CCCCCNC(=O)OCc1ccccc1)C1CC1. The fraction of sp³-hybridized carbons (Fsp3) is 0.692. The summed E-state index contributed by atoms with van der Waals surface area (Å²) in [5.74, 6) is 0.545. The van der Waals surface area contributed by atoms with Gasteiger partial charge >= 0.3 is 12.1 Å². The van der Waals surface area contributed by atoms with E-state index >= 15 is 0 Å². The van der Waals surface area contributed by atoms with E-state index in [1.807, 2.05) is 30.3 Å². The van der Waals surface area contributed by atoms with Crippen LogP contribution in [0.5, 0.6) is 0 Å². The number of esters is 1. The minimum Gasteiger partial charge on any atom is -0.462 e. The second-order valence-electron chi connectivity index (χ2n) is 8.72. The van der Waals surface area contributed by atoms with E-state index in [0.717, 1.165) is 31.2 Å². The lowest BCUT2D eigenvalue weighted by atomic mass is 10.0. The summed E-state index contributed by atoms with van der Waals surface area (Å²) in [6, 6.07) is 9.62. The molecule has 5 heteroatoms. The number of unbranched alkanes of at least 4 members (excludes halogenated alkanes) is 7. The molecule has 1 atom stereocenters. The van der Waals surface area contributed by atoms with E-state index in [9.17, 15) is 9.59 Å². The molecule has 1 amide bonds. The van der Waals surface area contributed by atoms with Crippen molar-refractivity contribution in [1.29, 1.82) is 0 Å². The summed E-state index contributed by atoms with van der Waals surface area (Å²) in [5, 5.41) is 2.76. The van der Waals surface area contributed by atoms with Gasteiger partial charge in [-0.2, -0.15) is 0 Å². The van der Waals surface area contributed by atoms with E-state index in [0.29, 0.717) is 18.9 Å². The molecule has 1 aliphatic rings. The van der Waals surface area contributed by atoms with Crippen molar-refractivity contribution in [1.82, 2.24) is 5.32 Å². The van der Waals surface area contributed by atoms with Crippen LogP contribution in [0.2, 0.25) is 0 Å². The van der Waals surface area contributed by atoms with Gasteiger partial charge in [-0.1, -0.05) is 75.8 Å². The maximum atomic E-state index is 12.2. The van der Waals surface area contributed by atoms with Crippen molar-refractivity contribution in [3.63, 3.8) is 0 Å². The predicted octanol–water partition coefficient (Wildman–Crippen LogP) is 6.55. The Kier molecular flexibility index (Phi) is 12.8. The Morgan fingerprint density at radius 1 is 0.968 bits per heavy atom. The molecule has 1 aromatic carbocycles. The van der Waals surface area contributed by atoms with Crippen molar-refractivity contribution in [2.24, 2.45) is 5.92 Å². The minimum absolute atomic E-state index is 0.0573. The van der Waals surface area contributed by atoms with E-state index in [1.54, 1.807) is 0 Å². The first-order valence-corrected chi connectivity index (χ1v) is 12.3. The van der Waals surface area contributed by atoms with Gasteiger partial charge in [-0.05, 0) is 50.0 Å². The topological polar surface area (TPSA) is 64.6 Å². The highest BCUT2D eigenvalue weighted by molar-refractivity contribution is 5.69. The Balaban J connectivity index is 1.45. The highest BCUT2D eigenvalue weighted by atomic mass is 16.5. The molecule has 0 spiro atoms. The molecule has 0 aliphatic heterocycles. The first-order valence-electron chi connectivity index (χ1n) is 12.3. The molecule has 31 heavy (non-hydrogen) atoms. The summed E-state index contributed by atoms with van der Waals surface area (Å²) >= 11 is 0. The summed E-state index contributed by atoms with van der Waals surface area (Å²) in [5.41, 5.74) is 0.970. The lowest BCUT2D eigenvalue weighted by Gasteiger charge is -2.17. The van der Waals surface area contributed by atoms with E-state index < -0.39 is 6.09 Å².